The topological polar surface area (TPSA) is 48.3 Å². The molecule has 0 saturated heterocycles. The molecule has 7 heteroatoms. The largest absolute Gasteiger partial charge is 0.443 e. The van der Waals surface area contributed by atoms with Gasteiger partial charge in [0, 0.05) is 16.6 Å². The zero-order valence-electron chi connectivity index (χ0n) is 13.4. The third kappa shape index (κ3) is 3.90. The van der Waals surface area contributed by atoms with Crippen molar-refractivity contribution in [3.8, 4) is 11.1 Å². The van der Waals surface area contributed by atoms with Crippen LogP contribution in [0.4, 0.5) is 13.6 Å². The van der Waals surface area contributed by atoms with Gasteiger partial charge >= 0.3 is 6.09 Å². The Morgan fingerprint density at radius 3 is 2.38 bits per heavy atom. The minimum Gasteiger partial charge on any atom is -0.443 e. The Morgan fingerprint density at radius 2 is 1.83 bits per heavy atom. The van der Waals surface area contributed by atoms with E-state index in [-0.39, 0.29) is 16.5 Å². The first-order chi connectivity index (χ1) is 11.1. The van der Waals surface area contributed by atoms with Crippen molar-refractivity contribution in [2.45, 2.75) is 31.7 Å². The van der Waals surface area contributed by atoms with Gasteiger partial charge in [-0.3, -0.25) is 4.79 Å². The van der Waals surface area contributed by atoms with E-state index in [0.29, 0.717) is 5.69 Å². The summed E-state index contributed by atoms with van der Waals surface area (Å²) < 4.78 is 32.7. The molecule has 0 aliphatic carbocycles. The Balaban J connectivity index is 2.61. The van der Waals surface area contributed by atoms with Gasteiger partial charge in [-0.25, -0.2) is 18.1 Å². The number of hydrogen-bond donors (Lipinski definition) is 0. The molecule has 4 nitrogen and oxygen atoms in total. The average Bonchev–Trinajstić information content (AvgIpc) is 2.47. The molecule has 0 aliphatic heterocycles. The average molecular weight is 400 g/mol. The molecule has 128 valence electrons. The van der Waals surface area contributed by atoms with E-state index in [1.807, 2.05) is 0 Å². The zero-order valence-corrected chi connectivity index (χ0v) is 15.0. The molecular formula is C17H16BrF2NO3. The number of aromatic nitrogens is 1. The number of carbonyl (C=O) groups is 1. The van der Waals surface area contributed by atoms with E-state index >= 15 is 0 Å². The Hall–Kier alpha value is -2.02. The Kier molecular flexibility index (Phi) is 5.22. The number of halogens is 3. The van der Waals surface area contributed by atoms with Crippen LogP contribution in [0.3, 0.4) is 0 Å². The molecule has 0 spiro atoms. The van der Waals surface area contributed by atoms with Crippen molar-refractivity contribution >= 4 is 22.0 Å². The second kappa shape index (κ2) is 6.84. The third-order valence-electron chi connectivity index (χ3n) is 3.11. The van der Waals surface area contributed by atoms with Crippen LogP contribution >= 0.6 is 15.9 Å². The van der Waals surface area contributed by atoms with Crippen molar-refractivity contribution < 1.29 is 18.3 Å². The fourth-order valence-electron chi connectivity index (χ4n) is 2.07. The monoisotopic (exact) mass is 399 g/mol. The Bertz CT molecular complexity index is 841. The molecule has 2 rings (SSSR count). The summed E-state index contributed by atoms with van der Waals surface area (Å²) in [6.07, 6.45) is -0.827. The number of alkyl halides is 1. The number of rotatable bonds is 2. The first-order valence-electron chi connectivity index (χ1n) is 7.13. The quantitative estimate of drug-likeness (QED) is 0.699. The second-order valence-corrected chi connectivity index (χ2v) is 6.68. The lowest BCUT2D eigenvalue weighted by Crippen LogP contribution is -2.35. The number of benzene rings is 1. The molecular weight excluding hydrogens is 384 g/mol. The van der Waals surface area contributed by atoms with Crippen molar-refractivity contribution in [2.75, 3.05) is 0 Å². The van der Waals surface area contributed by atoms with Crippen LogP contribution in [0, 0.1) is 11.6 Å². The number of nitrogens with zero attached hydrogens (tertiary/aromatic N) is 1. The van der Waals surface area contributed by atoms with Crippen LogP contribution in [0.15, 0.2) is 35.1 Å². The maximum absolute atomic E-state index is 13.4. The molecule has 0 aliphatic rings. The molecule has 1 aromatic heterocycles. The fraction of sp³-hybridized carbons (Fsp3) is 0.294. The van der Waals surface area contributed by atoms with Gasteiger partial charge in [0.25, 0.3) is 5.56 Å². The van der Waals surface area contributed by atoms with E-state index in [4.69, 9.17) is 4.74 Å². The van der Waals surface area contributed by atoms with Crippen LogP contribution in [0.2, 0.25) is 0 Å². The van der Waals surface area contributed by atoms with Gasteiger partial charge in [-0.15, -0.1) is 0 Å². The summed E-state index contributed by atoms with van der Waals surface area (Å²) in [6.45, 7) is 5.05. The van der Waals surface area contributed by atoms with Gasteiger partial charge in [0.15, 0.2) is 11.6 Å². The van der Waals surface area contributed by atoms with Gasteiger partial charge < -0.3 is 4.74 Å². The van der Waals surface area contributed by atoms with Crippen molar-refractivity contribution in [1.82, 2.24) is 4.57 Å². The zero-order chi connectivity index (χ0) is 18.1. The van der Waals surface area contributed by atoms with Gasteiger partial charge in [0.05, 0.1) is 0 Å². The highest BCUT2D eigenvalue weighted by atomic mass is 79.9. The molecule has 0 unspecified atom stereocenters. The van der Waals surface area contributed by atoms with Gasteiger partial charge in [0.2, 0.25) is 0 Å². The van der Waals surface area contributed by atoms with E-state index in [9.17, 15) is 18.4 Å². The molecule has 0 fully saturated rings. The normalized spacial score (nSPS) is 11.4. The SMILES string of the molecule is CC(C)(C)OC(=O)n1c(CBr)ccc(-c2ccc(F)c(F)c2)c1=O. The van der Waals surface area contributed by atoms with Crippen LogP contribution in [0.25, 0.3) is 11.1 Å². The minimum absolute atomic E-state index is 0.0736. The summed E-state index contributed by atoms with van der Waals surface area (Å²) in [7, 11) is 0. The second-order valence-electron chi connectivity index (χ2n) is 6.12. The number of carbonyl (C=O) groups excluding carboxylic acids is 1. The van der Waals surface area contributed by atoms with E-state index in [0.717, 1.165) is 16.7 Å². The summed E-state index contributed by atoms with van der Waals surface area (Å²) >= 11 is 3.22. The molecule has 1 heterocycles. The van der Waals surface area contributed by atoms with Crippen LogP contribution in [-0.2, 0) is 10.1 Å². The maximum Gasteiger partial charge on any atom is 0.421 e. The molecule has 0 saturated carbocycles. The lowest BCUT2D eigenvalue weighted by Gasteiger charge is -2.21. The molecule has 0 bridgehead atoms. The first-order valence-corrected chi connectivity index (χ1v) is 8.26. The summed E-state index contributed by atoms with van der Waals surface area (Å²) in [6, 6.07) is 6.14. The van der Waals surface area contributed by atoms with Gasteiger partial charge in [-0.05, 0) is 50.6 Å². The van der Waals surface area contributed by atoms with Crippen LogP contribution in [0.5, 0.6) is 0 Å². The predicted molar refractivity (Wildman–Crippen MR) is 90.3 cm³/mol. The smallest absolute Gasteiger partial charge is 0.421 e. The van der Waals surface area contributed by atoms with Gasteiger partial charge in [-0.2, -0.15) is 0 Å². The van der Waals surface area contributed by atoms with Crippen LogP contribution in [0.1, 0.15) is 26.5 Å². The summed E-state index contributed by atoms with van der Waals surface area (Å²) in [5, 5.41) is 0.250. The number of pyridine rings is 1. The van der Waals surface area contributed by atoms with E-state index < -0.39 is 28.9 Å². The van der Waals surface area contributed by atoms with E-state index in [1.54, 1.807) is 26.8 Å². The van der Waals surface area contributed by atoms with Crippen molar-refractivity contribution in [1.29, 1.82) is 0 Å². The van der Waals surface area contributed by atoms with Gasteiger partial charge in [-0.1, -0.05) is 22.0 Å². The minimum atomic E-state index is -1.07. The van der Waals surface area contributed by atoms with Crippen molar-refractivity contribution in [3.63, 3.8) is 0 Å². The maximum atomic E-state index is 13.4. The Morgan fingerprint density at radius 1 is 1.17 bits per heavy atom. The summed E-state index contributed by atoms with van der Waals surface area (Å²) in [5.41, 5.74) is -0.799. The van der Waals surface area contributed by atoms with Crippen LogP contribution in [-0.4, -0.2) is 16.3 Å². The highest BCUT2D eigenvalue weighted by molar-refractivity contribution is 9.08. The highest BCUT2D eigenvalue weighted by Gasteiger charge is 2.22. The number of ether oxygens (including phenoxy) is 1. The summed E-state index contributed by atoms with van der Waals surface area (Å²) in [4.78, 5) is 25.0. The molecule has 0 radical (unpaired) electrons. The molecule has 24 heavy (non-hydrogen) atoms. The predicted octanol–water partition coefficient (Wildman–Crippen LogP) is 4.47. The fourth-order valence-corrected chi connectivity index (χ4v) is 2.51. The molecule has 0 N–H and O–H groups in total. The van der Waals surface area contributed by atoms with Crippen molar-refractivity contribution in [2.24, 2.45) is 0 Å². The van der Waals surface area contributed by atoms with E-state index in [1.165, 1.54) is 12.1 Å². The molecule has 0 amide bonds. The lowest BCUT2D eigenvalue weighted by atomic mass is 10.1. The lowest BCUT2D eigenvalue weighted by molar-refractivity contribution is 0.0527. The van der Waals surface area contributed by atoms with Crippen LogP contribution < -0.4 is 5.56 Å². The number of hydrogen-bond acceptors (Lipinski definition) is 3. The van der Waals surface area contributed by atoms with E-state index in [2.05, 4.69) is 15.9 Å². The highest BCUT2D eigenvalue weighted by Crippen LogP contribution is 2.20. The first kappa shape index (κ1) is 18.3. The Labute approximate surface area is 146 Å². The third-order valence-corrected chi connectivity index (χ3v) is 3.68. The molecule has 2 aromatic rings. The summed E-state index contributed by atoms with van der Waals surface area (Å²) in [5.74, 6) is -2.08. The van der Waals surface area contributed by atoms with Gasteiger partial charge in [0.1, 0.15) is 5.60 Å². The standard InChI is InChI=1S/C17H16BrF2NO3/c1-17(2,3)24-16(23)21-11(9-18)5-6-12(15(21)22)10-4-7-13(19)14(20)8-10/h4-8H,9H2,1-3H3. The van der Waals surface area contributed by atoms with Crippen molar-refractivity contribution in [3.05, 3.63) is 58.0 Å². The molecule has 1 aromatic carbocycles. The molecule has 0 atom stereocenters.